The Morgan fingerprint density at radius 3 is 2.83 bits per heavy atom. The van der Waals surface area contributed by atoms with Gasteiger partial charge in [-0.3, -0.25) is 0 Å². The molecule has 0 aliphatic heterocycles. The molecule has 3 rings (SSSR count). The van der Waals surface area contributed by atoms with Crippen molar-refractivity contribution < 1.29 is 13.9 Å². The molecule has 3 heteroatoms. The molecule has 2 heterocycles. The van der Waals surface area contributed by atoms with Crippen LogP contribution in [-0.4, -0.2) is 13.1 Å². The summed E-state index contributed by atoms with van der Waals surface area (Å²) in [7, 11) is 1.39. The molecule has 0 radical (unpaired) electrons. The van der Waals surface area contributed by atoms with Crippen LogP contribution in [-0.2, 0) is 4.74 Å². The van der Waals surface area contributed by atoms with E-state index in [1.807, 2.05) is 42.7 Å². The Labute approximate surface area is 104 Å². The van der Waals surface area contributed by atoms with Gasteiger partial charge in [0.05, 0.1) is 12.7 Å². The minimum absolute atomic E-state index is 0.308. The van der Waals surface area contributed by atoms with Gasteiger partial charge in [0.25, 0.3) is 0 Å². The van der Waals surface area contributed by atoms with Crippen molar-refractivity contribution in [1.82, 2.24) is 0 Å². The summed E-state index contributed by atoms with van der Waals surface area (Å²) in [6.07, 6.45) is 4.05. The molecule has 2 aromatic heterocycles. The number of benzene rings is 1. The predicted molar refractivity (Wildman–Crippen MR) is 68.4 cm³/mol. The zero-order valence-corrected chi connectivity index (χ0v) is 9.96. The van der Waals surface area contributed by atoms with Crippen LogP contribution in [0.2, 0.25) is 0 Å². The van der Waals surface area contributed by atoms with Crippen molar-refractivity contribution in [2.75, 3.05) is 7.11 Å². The highest BCUT2D eigenvalue weighted by Gasteiger charge is 2.09. The molecule has 3 aromatic rings. The number of hydrogen-bond donors (Lipinski definition) is 0. The first kappa shape index (κ1) is 10.7. The Kier molecular flexibility index (Phi) is 2.45. The predicted octanol–water partition coefficient (Wildman–Crippen LogP) is 2.37. The van der Waals surface area contributed by atoms with Gasteiger partial charge in [0.2, 0.25) is 5.52 Å². The summed E-state index contributed by atoms with van der Waals surface area (Å²) in [4.78, 5) is 11.5. The van der Waals surface area contributed by atoms with Crippen molar-refractivity contribution in [1.29, 1.82) is 0 Å². The molecule has 0 spiro atoms. The molecule has 3 nitrogen and oxygen atoms in total. The van der Waals surface area contributed by atoms with Crippen molar-refractivity contribution in [3.8, 4) is 0 Å². The van der Waals surface area contributed by atoms with Crippen LogP contribution in [0.25, 0.3) is 16.3 Å². The average Bonchev–Trinajstić information content (AvgIpc) is 2.43. The summed E-state index contributed by atoms with van der Waals surface area (Å²) in [5.74, 6) is -0.308. The SMILES string of the molecule is COC(=O)c1ccc2c[n+]3ccccc3cc2c1. The minimum atomic E-state index is -0.308. The number of rotatable bonds is 1. The van der Waals surface area contributed by atoms with Crippen LogP contribution in [0.3, 0.4) is 0 Å². The number of fused-ring (bicyclic) bond motifs is 2. The van der Waals surface area contributed by atoms with Crippen LogP contribution in [0.1, 0.15) is 10.4 Å². The smallest absolute Gasteiger partial charge is 0.337 e. The van der Waals surface area contributed by atoms with Gasteiger partial charge in [-0.25, -0.2) is 4.79 Å². The third-order valence-corrected chi connectivity index (χ3v) is 3.01. The van der Waals surface area contributed by atoms with Crippen LogP contribution in [0.4, 0.5) is 0 Å². The standard InChI is InChI=1S/C15H12NO2/c1-18-15(17)11-5-6-12-10-16-7-3-2-4-14(16)9-13(12)8-11/h2-10H,1H3/q+1. The molecule has 0 atom stereocenters. The number of esters is 1. The summed E-state index contributed by atoms with van der Waals surface area (Å²) in [6.45, 7) is 0. The first-order valence-corrected chi connectivity index (χ1v) is 5.70. The topological polar surface area (TPSA) is 30.4 Å². The Bertz CT molecular complexity index is 750. The van der Waals surface area contributed by atoms with E-state index in [9.17, 15) is 4.79 Å². The zero-order chi connectivity index (χ0) is 12.5. The number of pyridine rings is 2. The maximum absolute atomic E-state index is 11.5. The highest BCUT2D eigenvalue weighted by Crippen LogP contribution is 2.16. The fourth-order valence-electron chi connectivity index (χ4n) is 2.08. The Morgan fingerprint density at radius 1 is 1.11 bits per heavy atom. The van der Waals surface area contributed by atoms with Crippen molar-refractivity contribution in [2.45, 2.75) is 0 Å². The van der Waals surface area contributed by atoms with Crippen molar-refractivity contribution >= 4 is 22.3 Å². The number of ether oxygens (including phenoxy) is 1. The van der Waals surface area contributed by atoms with Gasteiger partial charge in [-0.1, -0.05) is 0 Å². The maximum atomic E-state index is 11.5. The quantitative estimate of drug-likeness (QED) is 0.370. The lowest BCUT2D eigenvalue weighted by Gasteiger charge is -2.01. The maximum Gasteiger partial charge on any atom is 0.337 e. The molecule has 0 aliphatic rings. The molecular weight excluding hydrogens is 226 g/mol. The van der Waals surface area contributed by atoms with Gasteiger partial charge < -0.3 is 4.74 Å². The Morgan fingerprint density at radius 2 is 2.00 bits per heavy atom. The van der Waals surface area contributed by atoms with Crippen LogP contribution < -0.4 is 4.40 Å². The van der Waals surface area contributed by atoms with Gasteiger partial charge in [0, 0.05) is 23.6 Å². The van der Waals surface area contributed by atoms with Crippen LogP contribution in [0, 0.1) is 0 Å². The number of hydrogen-bond acceptors (Lipinski definition) is 2. The van der Waals surface area contributed by atoms with E-state index >= 15 is 0 Å². The molecule has 0 saturated carbocycles. The van der Waals surface area contributed by atoms with Crippen molar-refractivity contribution in [3.63, 3.8) is 0 Å². The molecule has 0 aliphatic carbocycles. The number of carbonyl (C=O) groups is 1. The van der Waals surface area contributed by atoms with Crippen LogP contribution in [0.5, 0.6) is 0 Å². The molecule has 0 amide bonds. The van der Waals surface area contributed by atoms with Crippen molar-refractivity contribution in [2.24, 2.45) is 0 Å². The van der Waals surface area contributed by atoms with Crippen LogP contribution in [0.15, 0.2) is 54.9 Å². The molecule has 0 fully saturated rings. The first-order valence-electron chi connectivity index (χ1n) is 5.70. The first-order chi connectivity index (χ1) is 8.78. The summed E-state index contributed by atoms with van der Waals surface area (Å²) in [5.41, 5.74) is 1.66. The Hall–Kier alpha value is -2.42. The van der Waals surface area contributed by atoms with E-state index in [0.29, 0.717) is 5.56 Å². The van der Waals surface area contributed by atoms with Gasteiger partial charge in [0.1, 0.15) is 0 Å². The lowest BCUT2D eigenvalue weighted by atomic mass is 10.1. The van der Waals surface area contributed by atoms with E-state index < -0.39 is 0 Å². The largest absolute Gasteiger partial charge is 0.465 e. The molecule has 0 unspecified atom stereocenters. The fourth-order valence-corrected chi connectivity index (χ4v) is 2.08. The average molecular weight is 238 g/mol. The fraction of sp³-hybridized carbons (Fsp3) is 0.0667. The molecule has 0 bridgehead atoms. The number of aromatic nitrogens is 1. The van der Waals surface area contributed by atoms with Gasteiger partial charge in [-0.2, -0.15) is 4.40 Å². The summed E-state index contributed by atoms with van der Waals surface area (Å²) >= 11 is 0. The Balaban J connectivity index is 2.27. The lowest BCUT2D eigenvalue weighted by Crippen LogP contribution is -2.19. The minimum Gasteiger partial charge on any atom is -0.465 e. The van der Waals surface area contributed by atoms with Crippen LogP contribution >= 0.6 is 0 Å². The number of nitrogens with zero attached hydrogens (tertiary/aromatic N) is 1. The lowest BCUT2D eigenvalue weighted by molar-refractivity contribution is -0.510. The van der Waals surface area contributed by atoms with Gasteiger partial charge in [-0.15, -0.1) is 0 Å². The second-order valence-corrected chi connectivity index (χ2v) is 4.14. The molecular formula is C15H12NO2+. The summed E-state index contributed by atoms with van der Waals surface area (Å²) in [5, 5.41) is 2.12. The molecule has 1 aromatic carbocycles. The van der Waals surface area contributed by atoms with Gasteiger partial charge >= 0.3 is 5.97 Å². The van der Waals surface area contributed by atoms with E-state index in [0.717, 1.165) is 16.3 Å². The normalized spacial score (nSPS) is 10.7. The number of methoxy groups -OCH3 is 1. The zero-order valence-electron chi connectivity index (χ0n) is 9.96. The molecule has 88 valence electrons. The second-order valence-electron chi connectivity index (χ2n) is 4.14. The van der Waals surface area contributed by atoms with E-state index in [4.69, 9.17) is 4.74 Å². The van der Waals surface area contributed by atoms with Crippen molar-refractivity contribution in [3.05, 3.63) is 60.4 Å². The molecule has 0 N–H and O–H groups in total. The highest BCUT2D eigenvalue weighted by molar-refractivity contribution is 5.95. The van der Waals surface area contributed by atoms with E-state index in [1.165, 1.54) is 7.11 Å². The molecule has 18 heavy (non-hydrogen) atoms. The van der Waals surface area contributed by atoms with Gasteiger partial charge in [0.15, 0.2) is 12.4 Å². The third-order valence-electron chi connectivity index (χ3n) is 3.01. The van der Waals surface area contributed by atoms with E-state index in [1.54, 1.807) is 6.07 Å². The van der Waals surface area contributed by atoms with E-state index in [-0.39, 0.29) is 5.97 Å². The summed E-state index contributed by atoms with van der Waals surface area (Å²) < 4.78 is 6.78. The number of carbonyl (C=O) groups excluding carboxylic acids is 1. The second kappa shape index (κ2) is 4.11. The summed E-state index contributed by atoms with van der Waals surface area (Å²) in [6, 6.07) is 13.6. The van der Waals surface area contributed by atoms with Gasteiger partial charge in [-0.05, 0) is 29.7 Å². The highest BCUT2D eigenvalue weighted by atomic mass is 16.5. The monoisotopic (exact) mass is 238 g/mol. The van der Waals surface area contributed by atoms with E-state index in [2.05, 4.69) is 10.5 Å². The molecule has 0 saturated heterocycles. The third kappa shape index (κ3) is 1.70.